The zero-order valence-electron chi connectivity index (χ0n) is 16.0. The van der Waals surface area contributed by atoms with Crippen LogP contribution in [0.1, 0.15) is 44.1 Å². The van der Waals surface area contributed by atoms with Crippen LogP contribution in [0.25, 0.3) is 0 Å². The molecular formula is C20H29N5O2. The van der Waals surface area contributed by atoms with Crippen molar-refractivity contribution in [1.82, 2.24) is 25.2 Å². The highest BCUT2D eigenvalue weighted by atomic mass is 16.3. The highest BCUT2D eigenvalue weighted by Crippen LogP contribution is 2.37. The van der Waals surface area contributed by atoms with E-state index >= 15 is 0 Å². The van der Waals surface area contributed by atoms with Crippen LogP contribution in [0.3, 0.4) is 0 Å². The summed E-state index contributed by atoms with van der Waals surface area (Å²) in [6, 6.07) is 4.19. The number of fused-ring (bicyclic) bond motifs is 3. The number of carbonyl (C=O) groups excluding carboxylic acids is 1. The van der Waals surface area contributed by atoms with Crippen LogP contribution in [0.5, 0.6) is 0 Å². The number of aryl methyl sites for hydroxylation is 1. The van der Waals surface area contributed by atoms with Crippen molar-refractivity contribution in [2.75, 3.05) is 13.1 Å². The Kier molecular flexibility index (Phi) is 5.57. The minimum atomic E-state index is 0.0841. The molecule has 3 aliphatic rings. The van der Waals surface area contributed by atoms with Gasteiger partial charge in [-0.25, -0.2) is 0 Å². The molecule has 0 radical (unpaired) electrons. The second-order valence-electron chi connectivity index (χ2n) is 7.87. The zero-order chi connectivity index (χ0) is 18.6. The molecule has 0 aliphatic carbocycles. The van der Waals surface area contributed by atoms with Gasteiger partial charge in [-0.15, -0.1) is 5.10 Å². The Morgan fingerprint density at radius 1 is 1.44 bits per heavy atom. The van der Waals surface area contributed by atoms with Crippen molar-refractivity contribution in [2.45, 2.75) is 58.2 Å². The molecular weight excluding hydrogens is 342 g/mol. The Bertz CT molecular complexity index is 741. The van der Waals surface area contributed by atoms with Gasteiger partial charge in [-0.05, 0) is 50.3 Å². The van der Waals surface area contributed by atoms with Gasteiger partial charge in [-0.3, -0.25) is 14.4 Å². The lowest BCUT2D eigenvalue weighted by molar-refractivity contribution is -0.133. The number of unbranched alkanes of at least 4 members (excludes halogenated alkanes) is 1. The average molecular weight is 371 g/mol. The summed E-state index contributed by atoms with van der Waals surface area (Å²) in [7, 11) is 0. The number of carbonyl (C=O) groups is 1. The highest BCUT2D eigenvalue weighted by molar-refractivity contribution is 5.79. The monoisotopic (exact) mass is 371 g/mol. The topological polar surface area (TPSA) is 76.2 Å². The molecule has 4 unspecified atom stereocenters. The molecule has 3 aliphatic heterocycles. The third-order valence-electron chi connectivity index (χ3n) is 6.00. The van der Waals surface area contributed by atoms with E-state index in [9.17, 15) is 4.79 Å². The Balaban J connectivity index is 1.30. The Labute approximate surface area is 160 Å². The minimum absolute atomic E-state index is 0.0841. The Hall–Kier alpha value is -2.15. The third kappa shape index (κ3) is 4.24. The van der Waals surface area contributed by atoms with Gasteiger partial charge in [0.15, 0.2) is 0 Å². The quantitative estimate of drug-likeness (QED) is 0.770. The van der Waals surface area contributed by atoms with Crippen LogP contribution in [0.2, 0.25) is 0 Å². The molecule has 0 aromatic carbocycles. The molecule has 7 heteroatoms. The van der Waals surface area contributed by atoms with E-state index < -0.39 is 0 Å². The normalized spacial score (nSPS) is 27.0. The van der Waals surface area contributed by atoms with E-state index in [1.807, 2.05) is 16.8 Å². The maximum Gasteiger partial charge on any atom is 0.225 e. The third-order valence-corrected chi connectivity index (χ3v) is 6.00. The number of furan rings is 1. The number of rotatable bonds is 8. The van der Waals surface area contributed by atoms with Crippen LogP contribution in [-0.2, 0) is 24.3 Å². The smallest absolute Gasteiger partial charge is 0.225 e. The molecule has 4 atom stereocenters. The summed E-state index contributed by atoms with van der Waals surface area (Å²) in [5.41, 5.74) is 1.09. The van der Waals surface area contributed by atoms with Crippen molar-refractivity contribution in [3.8, 4) is 0 Å². The van der Waals surface area contributed by atoms with Crippen LogP contribution in [0, 0.1) is 11.8 Å². The van der Waals surface area contributed by atoms with Gasteiger partial charge in [-0.1, -0.05) is 18.6 Å². The lowest BCUT2D eigenvalue weighted by atomic mass is 9.75. The zero-order valence-corrected chi connectivity index (χ0v) is 16.0. The van der Waals surface area contributed by atoms with E-state index in [1.54, 1.807) is 6.26 Å². The summed E-state index contributed by atoms with van der Waals surface area (Å²) < 4.78 is 7.29. The van der Waals surface area contributed by atoms with E-state index in [-0.39, 0.29) is 11.8 Å². The van der Waals surface area contributed by atoms with Crippen molar-refractivity contribution in [1.29, 1.82) is 0 Å². The number of amides is 1. The van der Waals surface area contributed by atoms with Crippen molar-refractivity contribution in [2.24, 2.45) is 11.8 Å². The fourth-order valence-corrected chi connectivity index (χ4v) is 4.46. The molecule has 2 aromatic rings. The predicted octanol–water partition coefficient (Wildman–Crippen LogP) is 2.24. The van der Waals surface area contributed by atoms with Crippen LogP contribution >= 0.6 is 0 Å². The van der Waals surface area contributed by atoms with Gasteiger partial charge in [0.25, 0.3) is 0 Å². The number of piperidine rings is 3. The molecule has 1 N–H and O–H groups in total. The first-order valence-electron chi connectivity index (χ1n) is 10.2. The van der Waals surface area contributed by atoms with E-state index in [1.165, 1.54) is 6.42 Å². The van der Waals surface area contributed by atoms with Gasteiger partial charge in [-0.2, -0.15) is 0 Å². The van der Waals surface area contributed by atoms with Crippen LogP contribution in [0.15, 0.2) is 29.0 Å². The number of hydrogen-bond donors (Lipinski definition) is 1. The number of nitrogens with zero attached hydrogens (tertiary/aromatic N) is 4. The fraction of sp³-hybridized carbons (Fsp3) is 0.650. The summed E-state index contributed by atoms with van der Waals surface area (Å²) in [5.74, 6) is 1.50. The standard InChI is InChI=1S/C20H29N5O2/c1-2-3-5-16-12-25(23-22-16)13-17-10-15-7-8-24(17)14-19(15)20(26)21-11-18-6-4-9-27-18/h4,6,9,12,15,17,19H,2-3,5,7-8,10-11,13-14H2,1H3,(H,21,26). The molecule has 3 saturated heterocycles. The SMILES string of the molecule is CCCCc1cn(CC2CC3CCN2CC3C(=O)NCc2ccco2)nn1. The molecule has 2 bridgehead atoms. The maximum absolute atomic E-state index is 12.6. The average Bonchev–Trinajstić information content (AvgIpc) is 3.37. The second kappa shape index (κ2) is 8.25. The largest absolute Gasteiger partial charge is 0.467 e. The van der Waals surface area contributed by atoms with Gasteiger partial charge < -0.3 is 9.73 Å². The number of aromatic nitrogens is 3. The van der Waals surface area contributed by atoms with Gasteiger partial charge in [0, 0.05) is 18.8 Å². The molecule has 5 rings (SSSR count). The molecule has 27 heavy (non-hydrogen) atoms. The molecule has 3 fully saturated rings. The summed E-state index contributed by atoms with van der Waals surface area (Å²) in [6.07, 6.45) is 9.23. The molecule has 2 aromatic heterocycles. The molecule has 1 amide bonds. The Morgan fingerprint density at radius 3 is 3.11 bits per heavy atom. The molecule has 5 heterocycles. The van der Waals surface area contributed by atoms with E-state index in [2.05, 4.69) is 33.6 Å². The summed E-state index contributed by atoms with van der Waals surface area (Å²) in [4.78, 5) is 15.1. The number of nitrogens with one attached hydrogen (secondary N) is 1. The summed E-state index contributed by atoms with van der Waals surface area (Å²) in [6.45, 7) is 5.46. The van der Waals surface area contributed by atoms with Crippen LogP contribution in [0.4, 0.5) is 0 Å². The summed E-state index contributed by atoms with van der Waals surface area (Å²) >= 11 is 0. The first-order chi connectivity index (χ1) is 13.2. The van der Waals surface area contributed by atoms with E-state index in [0.717, 1.165) is 56.8 Å². The highest BCUT2D eigenvalue weighted by Gasteiger charge is 2.43. The van der Waals surface area contributed by atoms with Crippen LogP contribution in [-0.4, -0.2) is 44.9 Å². The Morgan fingerprint density at radius 2 is 2.37 bits per heavy atom. The van der Waals surface area contributed by atoms with Gasteiger partial charge in [0.1, 0.15) is 5.76 Å². The fourth-order valence-electron chi connectivity index (χ4n) is 4.46. The van der Waals surface area contributed by atoms with Crippen molar-refractivity contribution >= 4 is 5.91 Å². The van der Waals surface area contributed by atoms with Crippen molar-refractivity contribution in [3.63, 3.8) is 0 Å². The minimum Gasteiger partial charge on any atom is -0.467 e. The van der Waals surface area contributed by atoms with E-state index in [4.69, 9.17) is 4.42 Å². The molecule has 0 spiro atoms. The molecule has 0 saturated carbocycles. The van der Waals surface area contributed by atoms with Gasteiger partial charge in [0.2, 0.25) is 5.91 Å². The lowest BCUT2D eigenvalue weighted by Gasteiger charge is -2.49. The van der Waals surface area contributed by atoms with Crippen LogP contribution < -0.4 is 5.32 Å². The van der Waals surface area contributed by atoms with Gasteiger partial charge >= 0.3 is 0 Å². The lowest BCUT2D eigenvalue weighted by Crippen LogP contribution is -2.57. The summed E-state index contributed by atoms with van der Waals surface area (Å²) in [5, 5.41) is 11.6. The van der Waals surface area contributed by atoms with Crippen molar-refractivity contribution < 1.29 is 9.21 Å². The molecule has 7 nitrogen and oxygen atoms in total. The predicted molar refractivity (Wildman–Crippen MR) is 101 cm³/mol. The van der Waals surface area contributed by atoms with Crippen molar-refractivity contribution in [3.05, 3.63) is 36.0 Å². The van der Waals surface area contributed by atoms with E-state index in [0.29, 0.717) is 18.5 Å². The second-order valence-corrected chi connectivity index (χ2v) is 7.87. The first kappa shape index (κ1) is 18.2. The number of hydrogen-bond acceptors (Lipinski definition) is 5. The first-order valence-corrected chi connectivity index (χ1v) is 10.2. The van der Waals surface area contributed by atoms with Gasteiger partial charge in [0.05, 0.1) is 31.0 Å². The molecule has 146 valence electrons. The maximum atomic E-state index is 12.6.